The third-order valence-electron chi connectivity index (χ3n) is 3.09. The molecule has 2 heterocycles. The van der Waals surface area contributed by atoms with Gasteiger partial charge in [-0.2, -0.15) is 0 Å². The van der Waals surface area contributed by atoms with Crippen LogP contribution in [0.25, 0.3) is 0 Å². The highest BCUT2D eigenvalue weighted by atomic mass is 16.1. The average Bonchev–Trinajstić information content (AvgIpc) is 2.88. The molecule has 2 aromatic heterocycles. The van der Waals surface area contributed by atoms with Crippen LogP contribution in [0.2, 0.25) is 0 Å². The van der Waals surface area contributed by atoms with E-state index in [0.29, 0.717) is 30.0 Å². The van der Waals surface area contributed by atoms with Crippen molar-refractivity contribution in [3.63, 3.8) is 0 Å². The standard InChI is InChI=1S/C14H18N4O2/c1-9-12(14(20)18-10(2)17-9)3-4-13(19)16-8-11-5-6-15-7-11/h5-7,15H,3-4,8H2,1-2H3,(H,16,19)(H,17,18,20). The van der Waals surface area contributed by atoms with Crippen molar-refractivity contribution in [3.05, 3.63) is 51.5 Å². The first-order valence-corrected chi connectivity index (χ1v) is 6.51. The van der Waals surface area contributed by atoms with Gasteiger partial charge in [0.2, 0.25) is 5.91 Å². The Bertz CT molecular complexity index is 644. The van der Waals surface area contributed by atoms with Gasteiger partial charge in [-0.1, -0.05) is 0 Å². The quantitative estimate of drug-likeness (QED) is 0.758. The van der Waals surface area contributed by atoms with Crippen molar-refractivity contribution in [2.24, 2.45) is 0 Å². The topological polar surface area (TPSA) is 90.6 Å². The summed E-state index contributed by atoms with van der Waals surface area (Å²) in [6, 6.07) is 1.90. The first-order chi connectivity index (χ1) is 9.56. The lowest BCUT2D eigenvalue weighted by Crippen LogP contribution is -2.25. The van der Waals surface area contributed by atoms with E-state index in [0.717, 1.165) is 5.56 Å². The lowest BCUT2D eigenvalue weighted by molar-refractivity contribution is -0.121. The molecule has 0 spiro atoms. The molecular formula is C14H18N4O2. The molecule has 0 atom stereocenters. The van der Waals surface area contributed by atoms with Gasteiger partial charge in [0.25, 0.3) is 5.56 Å². The molecule has 0 aliphatic rings. The number of nitrogens with zero attached hydrogens (tertiary/aromatic N) is 1. The monoisotopic (exact) mass is 274 g/mol. The maximum absolute atomic E-state index is 11.8. The molecule has 1 amide bonds. The highest BCUT2D eigenvalue weighted by molar-refractivity contribution is 5.76. The Morgan fingerprint density at radius 2 is 2.20 bits per heavy atom. The number of carbonyl (C=O) groups excluding carboxylic acids is 1. The highest BCUT2D eigenvalue weighted by Crippen LogP contribution is 2.03. The summed E-state index contributed by atoms with van der Waals surface area (Å²) in [5, 5.41) is 2.81. The third-order valence-corrected chi connectivity index (χ3v) is 3.09. The largest absolute Gasteiger partial charge is 0.367 e. The first kappa shape index (κ1) is 14.0. The molecule has 0 saturated carbocycles. The fraction of sp³-hybridized carbons (Fsp3) is 0.357. The van der Waals surface area contributed by atoms with Gasteiger partial charge in [-0.15, -0.1) is 0 Å². The van der Waals surface area contributed by atoms with Crippen LogP contribution in [-0.4, -0.2) is 20.9 Å². The van der Waals surface area contributed by atoms with E-state index in [9.17, 15) is 9.59 Å². The number of nitrogens with one attached hydrogen (secondary N) is 3. The summed E-state index contributed by atoms with van der Waals surface area (Å²) < 4.78 is 0. The number of amides is 1. The lowest BCUT2D eigenvalue weighted by atomic mass is 10.1. The van der Waals surface area contributed by atoms with Crippen molar-refractivity contribution in [1.82, 2.24) is 20.3 Å². The van der Waals surface area contributed by atoms with Crippen molar-refractivity contribution < 1.29 is 4.79 Å². The van der Waals surface area contributed by atoms with Crippen LogP contribution < -0.4 is 10.9 Å². The molecule has 3 N–H and O–H groups in total. The Morgan fingerprint density at radius 3 is 2.85 bits per heavy atom. The molecule has 0 saturated heterocycles. The summed E-state index contributed by atoms with van der Waals surface area (Å²) in [6.07, 6.45) is 4.31. The summed E-state index contributed by atoms with van der Waals surface area (Å²) in [4.78, 5) is 33.3. The number of aryl methyl sites for hydroxylation is 2. The summed E-state index contributed by atoms with van der Waals surface area (Å²) >= 11 is 0. The minimum absolute atomic E-state index is 0.0782. The number of aromatic nitrogens is 3. The molecule has 0 radical (unpaired) electrons. The molecule has 6 nitrogen and oxygen atoms in total. The fourth-order valence-corrected chi connectivity index (χ4v) is 2.04. The van der Waals surface area contributed by atoms with Crippen LogP contribution in [0.4, 0.5) is 0 Å². The molecule has 0 fully saturated rings. The van der Waals surface area contributed by atoms with E-state index in [2.05, 4.69) is 20.3 Å². The van der Waals surface area contributed by atoms with Crippen LogP contribution in [0.15, 0.2) is 23.3 Å². The Balaban J connectivity index is 1.89. The molecule has 106 valence electrons. The van der Waals surface area contributed by atoms with Gasteiger partial charge < -0.3 is 15.3 Å². The molecule has 2 rings (SSSR count). The Kier molecular flexibility index (Phi) is 4.34. The van der Waals surface area contributed by atoms with E-state index in [-0.39, 0.29) is 17.9 Å². The van der Waals surface area contributed by atoms with E-state index in [4.69, 9.17) is 0 Å². The molecule has 20 heavy (non-hydrogen) atoms. The number of rotatable bonds is 5. The fourth-order valence-electron chi connectivity index (χ4n) is 2.04. The Labute approximate surface area is 116 Å². The predicted octanol–water partition coefficient (Wildman–Crippen LogP) is 0.964. The first-order valence-electron chi connectivity index (χ1n) is 6.51. The normalized spacial score (nSPS) is 10.5. The van der Waals surface area contributed by atoms with Gasteiger partial charge in [-0.05, 0) is 31.9 Å². The minimum atomic E-state index is -0.159. The number of aromatic amines is 2. The van der Waals surface area contributed by atoms with Crippen LogP contribution in [-0.2, 0) is 17.8 Å². The maximum Gasteiger partial charge on any atom is 0.254 e. The van der Waals surface area contributed by atoms with Crippen LogP contribution in [0.1, 0.15) is 29.1 Å². The van der Waals surface area contributed by atoms with Gasteiger partial charge in [0.1, 0.15) is 5.82 Å². The number of hydrogen-bond acceptors (Lipinski definition) is 3. The number of hydrogen-bond donors (Lipinski definition) is 3. The zero-order valence-electron chi connectivity index (χ0n) is 11.6. The van der Waals surface area contributed by atoms with Crippen LogP contribution >= 0.6 is 0 Å². The molecule has 0 aliphatic heterocycles. The van der Waals surface area contributed by atoms with Gasteiger partial charge in [0, 0.05) is 36.6 Å². The SMILES string of the molecule is Cc1nc(C)c(CCC(=O)NCc2cc[nH]c2)c(=O)[nH]1. The van der Waals surface area contributed by atoms with Crippen molar-refractivity contribution in [2.75, 3.05) is 0 Å². The minimum Gasteiger partial charge on any atom is -0.367 e. The summed E-state index contributed by atoms with van der Waals surface area (Å²) in [7, 11) is 0. The number of H-pyrrole nitrogens is 2. The van der Waals surface area contributed by atoms with Crippen molar-refractivity contribution >= 4 is 5.91 Å². The van der Waals surface area contributed by atoms with Gasteiger partial charge in [-0.25, -0.2) is 4.98 Å². The average molecular weight is 274 g/mol. The second kappa shape index (κ2) is 6.18. The molecule has 6 heteroatoms. The predicted molar refractivity (Wildman–Crippen MR) is 75.3 cm³/mol. The summed E-state index contributed by atoms with van der Waals surface area (Å²) in [5.41, 5.74) is 2.12. The number of carbonyl (C=O) groups is 1. The molecule has 0 aromatic carbocycles. The zero-order valence-corrected chi connectivity index (χ0v) is 11.6. The van der Waals surface area contributed by atoms with E-state index in [1.807, 2.05) is 18.5 Å². The van der Waals surface area contributed by atoms with Gasteiger partial charge in [-0.3, -0.25) is 9.59 Å². The zero-order chi connectivity index (χ0) is 14.5. The van der Waals surface area contributed by atoms with E-state index >= 15 is 0 Å². The molecular weight excluding hydrogens is 256 g/mol. The molecule has 0 bridgehead atoms. The Hall–Kier alpha value is -2.37. The smallest absolute Gasteiger partial charge is 0.254 e. The van der Waals surface area contributed by atoms with Crippen molar-refractivity contribution in [3.8, 4) is 0 Å². The second-order valence-electron chi connectivity index (χ2n) is 4.71. The van der Waals surface area contributed by atoms with Gasteiger partial charge in [0.15, 0.2) is 0 Å². The second-order valence-corrected chi connectivity index (χ2v) is 4.71. The summed E-state index contributed by atoms with van der Waals surface area (Å²) in [6.45, 7) is 4.01. The van der Waals surface area contributed by atoms with Crippen LogP contribution in [0.3, 0.4) is 0 Å². The third kappa shape index (κ3) is 3.57. The van der Waals surface area contributed by atoms with Crippen LogP contribution in [0.5, 0.6) is 0 Å². The van der Waals surface area contributed by atoms with Gasteiger partial charge in [0.05, 0.1) is 0 Å². The van der Waals surface area contributed by atoms with Crippen molar-refractivity contribution in [2.45, 2.75) is 33.2 Å². The lowest BCUT2D eigenvalue weighted by Gasteiger charge is -2.06. The summed E-state index contributed by atoms with van der Waals surface area (Å²) in [5.74, 6) is 0.513. The molecule has 2 aromatic rings. The van der Waals surface area contributed by atoms with E-state index < -0.39 is 0 Å². The van der Waals surface area contributed by atoms with Gasteiger partial charge >= 0.3 is 0 Å². The van der Waals surface area contributed by atoms with E-state index in [1.54, 1.807) is 13.8 Å². The highest BCUT2D eigenvalue weighted by Gasteiger charge is 2.09. The maximum atomic E-state index is 11.8. The van der Waals surface area contributed by atoms with Crippen LogP contribution in [0, 0.1) is 13.8 Å². The Morgan fingerprint density at radius 1 is 1.40 bits per heavy atom. The van der Waals surface area contributed by atoms with E-state index in [1.165, 1.54) is 0 Å². The molecule has 0 aliphatic carbocycles. The van der Waals surface area contributed by atoms with Crippen molar-refractivity contribution in [1.29, 1.82) is 0 Å². The molecule has 0 unspecified atom stereocenters.